The molecule has 5 heteroatoms. The van der Waals surface area contributed by atoms with E-state index in [1.54, 1.807) is 12.1 Å². The van der Waals surface area contributed by atoms with Crippen LogP contribution in [-0.4, -0.2) is 22.0 Å². The third-order valence-corrected chi connectivity index (χ3v) is 1.31. The highest BCUT2D eigenvalue weighted by atomic mass is 35.5. The fourth-order valence-corrected chi connectivity index (χ4v) is 0.812. The molecule has 0 aliphatic rings. The molecule has 0 saturated heterocycles. The Kier molecular flexibility index (Phi) is 6.22. The molecule has 12 heavy (non-hydrogen) atoms. The van der Waals surface area contributed by atoms with Crippen molar-refractivity contribution in [2.45, 2.75) is 0 Å². The van der Waals surface area contributed by atoms with Gasteiger partial charge in [-0.1, -0.05) is 17.7 Å². The van der Waals surface area contributed by atoms with E-state index in [-0.39, 0.29) is 16.5 Å². The minimum Gasteiger partial charge on any atom is -0.478 e. The number of hydrogen-bond acceptors (Lipinski definition) is 1. The topological polar surface area (TPSA) is 100 Å². The summed E-state index contributed by atoms with van der Waals surface area (Å²) in [4.78, 5) is 10.3. The van der Waals surface area contributed by atoms with Gasteiger partial charge in [0.2, 0.25) is 0 Å². The molecule has 1 aromatic rings. The minimum atomic E-state index is -0.956. The zero-order valence-corrected chi connectivity index (χ0v) is 6.80. The second kappa shape index (κ2) is 5.54. The van der Waals surface area contributed by atoms with Crippen molar-refractivity contribution >= 4 is 17.6 Å². The lowest BCUT2D eigenvalue weighted by Crippen LogP contribution is -1.94. The summed E-state index contributed by atoms with van der Waals surface area (Å²) in [6, 6.07) is 6.14. The number of aromatic carboxylic acids is 1. The first-order valence-electron chi connectivity index (χ1n) is 2.69. The molecule has 0 spiro atoms. The van der Waals surface area contributed by atoms with E-state index in [0.29, 0.717) is 5.02 Å². The van der Waals surface area contributed by atoms with Gasteiger partial charge in [0.05, 0.1) is 5.56 Å². The van der Waals surface area contributed by atoms with Crippen molar-refractivity contribution in [3.63, 3.8) is 0 Å². The molecule has 0 aliphatic carbocycles. The molecule has 68 valence electrons. The van der Waals surface area contributed by atoms with Crippen LogP contribution < -0.4 is 0 Å². The quantitative estimate of drug-likeness (QED) is 0.696. The number of rotatable bonds is 1. The number of carboxylic acid groups (broad SMARTS) is 1. The summed E-state index contributed by atoms with van der Waals surface area (Å²) >= 11 is 5.53. The van der Waals surface area contributed by atoms with Crippen molar-refractivity contribution in [2.75, 3.05) is 0 Å². The van der Waals surface area contributed by atoms with Gasteiger partial charge in [-0.3, -0.25) is 0 Å². The molecule has 1 aromatic carbocycles. The van der Waals surface area contributed by atoms with E-state index in [4.69, 9.17) is 16.7 Å². The summed E-state index contributed by atoms with van der Waals surface area (Å²) in [5, 5.41) is 8.89. The maximum absolute atomic E-state index is 10.3. The van der Waals surface area contributed by atoms with Gasteiger partial charge in [0.1, 0.15) is 0 Å². The van der Waals surface area contributed by atoms with Crippen LogP contribution in [0.15, 0.2) is 24.3 Å². The lowest BCUT2D eigenvalue weighted by atomic mass is 10.2. The van der Waals surface area contributed by atoms with Gasteiger partial charge >= 0.3 is 5.97 Å². The summed E-state index contributed by atoms with van der Waals surface area (Å²) < 4.78 is 0. The Labute approximate surface area is 74.0 Å². The molecule has 0 aromatic heterocycles. The van der Waals surface area contributed by atoms with Gasteiger partial charge in [-0.2, -0.15) is 0 Å². The van der Waals surface area contributed by atoms with Crippen LogP contribution in [0.3, 0.4) is 0 Å². The van der Waals surface area contributed by atoms with Crippen molar-refractivity contribution < 1.29 is 20.9 Å². The fourth-order valence-electron chi connectivity index (χ4n) is 0.622. The summed E-state index contributed by atoms with van der Waals surface area (Å²) in [7, 11) is 0. The standard InChI is InChI=1S/C7H5ClO2.2H2O/c8-6-3-1-2-5(4-6)7(9)10;;/h1-4H,(H,9,10);2*1H2. The van der Waals surface area contributed by atoms with E-state index in [9.17, 15) is 4.79 Å². The van der Waals surface area contributed by atoms with Gasteiger partial charge < -0.3 is 16.1 Å². The second-order valence-electron chi connectivity index (χ2n) is 1.82. The predicted molar refractivity (Wildman–Crippen MR) is 45.6 cm³/mol. The Hall–Kier alpha value is -1.10. The normalized spacial score (nSPS) is 7.75. The highest BCUT2D eigenvalue weighted by Crippen LogP contribution is 2.09. The average molecular weight is 193 g/mol. The Morgan fingerprint density at radius 1 is 1.33 bits per heavy atom. The molecule has 0 atom stereocenters. The monoisotopic (exact) mass is 192 g/mol. The van der Waals surface area contributed by atoms with E-state index >= 15 is 0 Å². The zero-order valence-electron chi connectivity index (χ0n) is 6.04. The van der Waals surface area contributed by atoms with Crippen molar-refractivity contribution in [2.24, 2.45) is 0 Å². The highest BCUT2D eigenvalue weighted by molar-refractivity contribution is 6.30. The van der Waals surface area contributed by atoms with Gasteiger partial charge in [-0.25, -0.2) is 4.79 Å². The molecule has 0 heterocycles. The van der Waals surface area contributed by atoms with Gasteiger partial charge in [-0.05, 0) is 18.2 Å². The van der Waals surface area contributed by atoms with E-state index in [1.807, 2.05) is 0 Å². The van der Waals surface area contributed by atoms with Crippen LogP contribution in [-0.2, 0) is 0 Å². The maximum atomic E-state index is 10.3. The third-order valence-electron chi connectivity index (χ3n) is 1.07. The molecular formula is C7H9ClO4. The number of halogens is 1. The largest absolute Gasteiger partial charge is 0.478 e. The lowest BCUT2D eigenvalue weighted by Gasteiger charge is -1.92. The van der Waals surface area contributed by atoms with E-state index < -0.39 is 5.97 Å². The zero-order chi connectivity index (χ0) is 7.56. The van der Waals surface area contributed by atoms with E-state index in [1.165, 1.54) is 12.1 Å². The Morgan fingerprint density at radius 3 is 2.25 bits per heavy atom. The van der Waals surface area contributed by atoms with E-state index in [0.717, 1.165) is 0 Å². The first-order valence-corrected chi connectivity index (χ1v) is 3.07. The predicted octanol–water partition coefficient (Wildman–Crippen LogP) is 0.389. The summed E-state index contributed by atoms with van der Waals surface area (Å²) in [5.41, 5.74) is 0.215. The number of carboxylic acids is 1. The Morgan fingerprint density at radius 2 is 1.92 bits per heavy atom. The smallest absolute Gasteiger partial charge is 0.335 e. The van der Waals surface area contributed by atoms with Crippen LogP contribution in [0, 0.1) is 0 Å². The van der Waals surface area contributed by atoms with Gasteiger partial charge in [0.15, 0.2) is 0 Å². The molecule has 0 fully saturated rings. The van der Waals surface area contributed by atoms with Crippen molar-refractivity contribution in [3.8, 4) is 0 Å². The first kappa shape index (κ1) is 13.5. The molecule has 0 amide bonds. The first-order chi connectivity index (χ1) is 4.70. The maximum Gasteiger partial charge on any atom is 0.335 e. The number of hydrogen-bond donors (Lipinski definition) is 1. The van der Waals surface area contributed by atoms with Gasteiger partial charge in [0, 0.05) is 5.02 Å². The van der Waals surface area contributed by atoms with Crippen LogP contribution >= 0.6 is 11.6 Å². The second-order valence-corrected chi connectivity index (χ2v) is 2.25. The Balaban J connectivity index is 0. The summed E-state index contributed by atoms with van der Waals surface area (Å²) in [5.74, 6) is -0.956. The van der Waals surface area contributed by atoms with Crippen LogP contribution in [0.1, 0.15) is 10.4 Å². The highest BCUT2D eigenvalue weighted by Gasteiger charge is 2.00. The van der Waals surface area contributed by atoms with Gasteiger partial charge in [-0.15, -0.1) is 0 Å². The molecule has 0 aliphatic heterocycles. The van der Waals surface area contributed by atoms with Crippen molar-refractivity contribution in [1.82, 2.24) is 0 Å². The van der Waals surface area contributed by atoms with E-state index in [2.05, 4.69) is 0 Å². The van der Waals surface area contributed by atoms with Crippen LogP contribution in [0.25, 0.3) is 0 Å². The van der Waals surface area contributed by atoms with Crippen LogP contribution in [0.2, 0.25) is 5.02 Å². The molecule has 0 unspecified atom stereocenters. The molecular weight excluding hydrogens is 184 g/mol. The molecule has 5 N–H and O–H groups in total. The minimum absolute atomic E-state index is 0. The van der Waals surface area contributed by atoms with Crippen molar-refractivity contribution in [1.29, 1.82) is 0 Å². The lowest BCUT2D eigenvalue weighted by molar-refractivity contribution is 0.0697. The molecule has 0 bridgehead atoms. The van der Waals surface area contributed by atoms with Crippen molar-refractivity contribution in [3.05, 3.63) is 34.9 Å². The number of carbonyl (C=O) groups is 1. The molecule has 1 rings (SSSR count). The molecule has 0 saturated carbocycles. The Bertz CT molecular complexity index is 261. The third kappa shape index (κ3) is 3.34. The fraction of sp³-hybridized carbons (Fsp3) is 0. The van der Waals surface area contributed by atoms with Gasteiger partial charge in [0.25, 0.3) is 0 Å². The van der Waals surface area contributed by atoms with Crippen LogP contribution in [0.4, 0.5) is 0 Å². The number of benzene rings is 1. The summed E-state index contributed by atoms with van der Waals surface area (Å²) in [6.45, 7) is 0. The van der Waals surface area contributed by atoms with Crippen LogP contribution in [0.5, 0.6) is 0 Å². The summed E-state index contributed by atoms with van der Waals surface area (Å²) in [6.07, 6.45) is 0. The average Bonchev–Trinajstić information content (AvgIpc) is 1.88. The molecule has 0 radical (unpaired) electrons. The molecule has 4 nitrogen and oxygen atoms in total. The SMILES string of the molecule is O.O.O=C(O)c1cccc(Cl)c1.